The third-order valence-corrected chi connectivity index (χ3v) is 2.08. The van der Waals surface area contributed by atoms with Gasteiger partial charge in [0.15, 0.2) is 0 Å². The molecule has 1 aliphatic heterocycles. The Morgan fingerprint density at radius 3 is 3.08 bits per heavy atom. The maximum absolute atomic E-state index is 10.3. The predicted molar refractivity (Wildman–Crippen MR) is 47.7 cm³/mol. The molecule has 2 rings (SSSR count). The van der Waals surface area contributed by atoms with Crippen LogP contribution in [0.1, 0.15) is 5.56 Å². The van der Waals surface area contributed by atoms with Crippen molar-refractivity contribution < 1.29 is 0 Å². The van der Waals surface area contributed by atoms with E-state index < -0.39 is 0 Å². The van der Waals surface area contributed by atoms with Crippen molar-refractivity contribution in [1.82, 2.24) is 0 Å². The van der Waals surface area contributed by atoms with Crippen molar-refractivity contribution in [2.45, 2.75) is 6.42 Å². The van der Waals surface area contributed by atoms with E-state index in [-0.39, 0.29) is 0 Å². The fourth-order valence-corrected chi connectivity index (χ4v) is 1.46. The molecule has 0 atom stereocenters. The Kier molecular flexibility index (Phi) is 1.46. The molecule has 1 aromatic carbocycles. The minimum absolute atomic E-state index is 0.669. The Bertz CT molecular complexity index is 324. The normalized spacial score (nSPS) is 14.5. The summed E-state index contributed by atoms with van der Waals surface area (Å²) in [6.07, 6.45) is 0.876. The zero-order valence-corrected chi connectivity index (χ0v) is 6.53. The number of nitrogen functional groups attached to an aromatic ring is 1. The maximum Gasteiger partial charge on any atom is 0.0679 e. The first-order chi connectivity index (χ1) is 5.81. The average molecular weight is 163 g/mol. The minimum Gasteiger partial charge on any atom is -0.399 e. The van der Waals surface area contributed by atoms with E-state index in [1.165, 1.54) is 5.01 Å². The van der Waals surface area contributed by atoms with Crippen molar-refractivity contribution in [3.8, 4) is 0 Å². The number of nitrogens with two attached hydrogens (primary N) is 1. The van der Waals surface area contributed by atoms with Gasteiger partial charge in [0, 0.05) is 12.2 Å². The molecule has 2 N–H and O–H groups in total. The summed E-state index contributed by atoms with van der Waals surface area (Å²) in [6, 6.07) is 5.56. The van der Waals surface area contributed by atoms with Crippen LogP contribution in [0.3, 0.4) is 0 Å². The van der Waals surface area contributed by atoms with Gasteiger partial charge in [0.1, 0.15) is 0 Å². The van der Waals surface area contributed by atoms with Crippen LogP contribution in [0.2, 0.25) is 0 Å². The molecule has 12 heavy (non-hydrogen) atoms. The summed E-state index contributed by atoms with van der Waals surface area (Å²) in [6.45, 7) is 0.669. The van der Waals surface area contributed by atoms with E-state index in [9.17, 15) is 4.91 Å². The molecular formula is C8H9N3O. The molecule has 1 aromatic rings. The first-order valence-corrected chi connectivity index (χ1v) is 3.80. The highest BCUT2D eigenvalue weighted by atomic mass is 16.3. The first kappa shape index (κ1) is 7.09. The van der Waals surface area contributed by atoms with Crippen LogP contribution in [0.4, 0.5) is 11.4 Å². The van der Waals surface area contributed by atoms with Gasteiger partial charge in [-0.2, -0.15) is 0 Å². The van der Waals surface area contributed by atoms with Gasteiger partial charge in [-0.25, -0.2) is 5.01 Å². The summed E-state index contributed by atoms with van der Waals surface area (Å²) in [5, 5.41) is 4.33. The van der Waals surface area contributed by atoms with Gasteiger partial charge in [0.2, 0.25) is 0 Å². The van der Waals surface area contributed by atoms with Crippen molar-refractivity contribution in [3.63, 3.8) is 0 Å². The van der Waals surface area contributed by atoms with E-state index in [0.29, 0.717) is 12.2 Å². The summed E-state index contributed by atoms with van der Waals surface area (Å²) in [7, 11) is 0. The third-order valence-electron chi connectivity index (χ3n) is 2.08. The second-order valence-electron chi connectivity index (χ2n) is 2.84. The molecule has 62 valence electrons. The molecule has 0 bridgehead atoms. The molecular weight excluding hydrogens is 154 g/mol. The lowest BCUT2D eigenvalue weighted by Gasteiger charge is -2.07. The number of rotatable bonds is 1. The molecule has 0 unspecified atom stereocenters. The third kappa shape index (κ3) is 0.922. The van der Waals surface area contributed by atoms with Crippen LogP contribution in [-0.4, -0.2) is 6.54 Å². The highest BCUT2D eigenvalue weighted by Gasteiger charge is 2.19. The Hall–Kier alpha value is -1.58. The van der Waals surface area contributed by atoms with E-state index in [2.05, 4.69) is 5.29 Å². The lowest BCUT2D eigenvalue weighted by Crippen LogP contribution is -2.10. The van der Waals surface area contributed by atoms with Crippen LogP contribution in [0, 0.1) is 4.91 Å². The lowest BCUT2D eigenvalue weighted by molar-refractivity contribution is 0.885. The van der Waals surface area contributed by atoms with Crippen molar-refractivity contribution in [2.75, 3.05) is 17.3 Å². The van der Waals surface area contributed by atoms with Crippen LogP contribution in [0.15, 0.2) is 23.5 Å². The summed E-state index contributed by atoms with van der Waals surface area (Å²) in [4.78, 5) is 10.3. The van der Waals surface area contributed by atoms with Gasteiger partial charge in [-0.3, -0.25) is 0 Å². The summed E-state index contributed by atoms with van der Waals surface area (Å²) in [5.41, 5.74) is 8.24. The SMILES string of the molecule is Nc1ccc2c(c1)N(N=O)CC2. The molecule has 4 heteroatoms. The number of benzene rings is 1. The van der Waals surface area contributed by atoms with Crippen molar-refractivity contribution in [1.29, 1.82) is 0 Å². The Balaban J connectivity index is 2.49. The zero-order chi connectivity index (χ0) is 8.55. The number of anilines is 2. The summed E-state index contributed by atoms with van der Waals surface area (Å²) >= 11 is 0. The van der Waals surface area contributed by atoms with Crippen molar-refractivity contribution >= 4 is 11.4 Å². The first-order valence-electron chi connectivity index (χ1n) is 3.80. The quantitative estimate of drug-likeness (QED) is 0.501. The smallest absolute Gasteiger partial charge is 0.0679 e. The molecule has 1 aliphatic rings. The second kappa shape index (κ2) is 2.48. The van der Waals surface area contributed by atoms with Gasteiger partial charge in [0.25, 0.3) is 0 Å². The van der Waals surface area contributed by atoms with E-state index >= 15 is 0 Å². The molecule has 0 amide bonds. The molecule has 0 aromatic heterocycles. The number of nitroso groups, excluding NO2 is 1. The van der Waals surface area contributed by atoms with Gasteiger partial charge < -0.3 is 5.73 Å². The average Bonchev–Trinajstić information content (AvgIpc) is 2.46. The van der Waals surface area contributed by atoms with Crippen LogP contribution in [0.5, 0.6) is 0 Å². The number of hydrogen-bond donors (Lipinski definition) is 1. The molecule has 0 spiro atoms. The van der Waals surface area contributed by atoms with E-state index in [4.69, 9.17) is 5.73 Å². The molecule has 0 fully saturated rings. The Morgan fingerprint density at radius 2 is 2.33 bits per heavy atom. The van der Waals surface area contributed by atoms with Crippen LogP contribution in [-0.2, 0) is 6.42 Å². The standard InChI is InChI=1S/C8H9N3O/c9-7-2-1-6-3-4-11(10-12)8(6)5-7/h1-2,5H,3-4,9H2. The number of nitrogens with zero attached hydrogens (tertiary/aromatic N) is 2. The Labute approximate surface area is 69.9 Å². The number of hydrogen-bond acceptors (Lipinski definition) is 3. The molecule has 0 saturated carbocycles. The van der Waals surface area contributed by atoms with E-state index in [1.807, 2.05) is 12.1 Å². The highest BCUT2D eigenvalue weighted by molar-refractivity contribution is 5.63. The van der Waals surface area contributed by atoms with Crippen molar-refractivity contribution in [3.05, 3.63) is 28.7 Å². The minimum atomic E-state index is 0.669. The lowest BCUT2D eigenvalue weighted by atomic mass is 10.1. The summed E-state index contributed by atoms with van der Waals surface area (Å²) in [5.74, 6) is 0. The number of fused-ring (bicyclic) bond motifs is 1. The van der Waals surface area contributed by atoms with Gasteiger partial charge in [-0.05, 0) is 24.1 Å². The largest absolute Gasteiger partial charge is 0.399 e. The fourth-order valence-electron chi connectivity index (χ4n) is 1.46. The van der Waals surface area contributed by atoms with E-state index in [1.54, 1.807) is 6.07 Å². The fraction of sp³-hybridized carbons (Fsp3) is 0.250. The van der Waals surface area contributed by atoms with Crippen LogP contribution in [0.25, 0.3) is 0 Å². The summed E-state index contributed by atoms with van der Waals surface area (Å²) < 4.78 is 0. The van der Waals surface area contributed by atoms with Crippen LogP contribution >= 0.6 is 0 Å². The van der Waals surface area contributed by atoms with E-state index in [0.717, 1.165) is 17.7 Å². The van der Waals surface area contributed by atoms with Crippen LogP contribution < -0.4 is 10.7 Å². The molecule has 0 radical (unpaired) electrons. The van der Waals surface area contributed by atoms with Gasteiger partial charge in [-0.1, -0.05) is 6.07 Å². The topological polar surface area (TPSA) is 58.7 Å². The predicted octanol–water partition coefficient (Wildman–Crippen LogP) is 1.31. The second-order valence-corrected chi connectivity index (χ2v) is 2.84. The molecule has 0 saturated heterocycles. The van der Waals surface area contributed by atoms with Gasteiger partial charge in [-0.15, -0.1) is 4.91 Å². The maximum atomic E-state index is 10.3. The van der Waals surface area contributed by atoms with Gasteiger partial charge >= 0.3 is 0 Å². The zero-order valence-electron chi connectivity index (χ0n) is 6.53. The molecule has 4 nitrogen and oxygen atoms in total. The Morgan fingerprint density at radius 1 is 1.50 bits per heavy atom. The molecule has 0 aliphatic carbocycles. The van der Waals surface area contributed by atoms with Crippen molar-refractivity contribution in [2.24, 2.45) is 5.29 Å². The molecule has 1 heterocycles. The van der Waals surface area contributed by atoms with Gasteiger partial charge in [0.05, 0.1) is 11.0 Å². The monoisotopic (exact) mass is 163 g/mol. The highest BCUT2D eigenvalue weighted by Crippen LogP contribution is 2.29.